The Bertz CT molecular complexity index is 982. The van der Waals surface area contributed by atoms with Crippen molar-refractivity contribution in [1.82, 2.24) is 19.7 Å². The molecule has 0 aliphatic rings. The molecule has 0 radical (unpaired) electrons. The van der Waals surface area contributed by atoms with Crippen LogP contribution in [0.25, 0.3) is 17.1 Å². The zero-order valence-electron chi connectivity index (χ0n) is 13.9. The van der Waals surface area contributed by atoms with E-state index in [0.717, 1.165) is 11.6 Å². The summed E-state index contributed by atoms with van der Waals surface area (Å²) in [6.45, 7) is 0.782. The zero-order chi connectivity index (χ0) is 20.6. The van der Waals surface area contributed by atoms with E-state index in [1.807, 2.05) is 5.32 Å². The zero-order valence-corrected chi connectivity index (χ0v) is 14.7. The lowest BCUT2D eigenvalue weighted by Gasteiger charge is -2.21. The molecule has 0 spiro atoms. The normalized spacial score (nSPS) is 12.9. The lowest BCUT2D eigenvalue weighted by Crippen LogP contribution is -2.34. The van der Waals surface area contributed by atoms with Crippen molar-refractivity contribution in [3.05, 3.63) is 53.2 Å². The predicted molar refractivity (Wildman–Crippen MR) is 88.6 cm³/mol. The van der Waals surface area contributed by atoms with Gasteiger partial charge in [-0.1, -0.05) is 11.6 Å². The maximum atomic E-state index is 14.2. The summed E-state index contributed by atoms with van der Waals surface area (Å²) in [5, 5.41) is 5.31. The molecule has 28 heavy (non-hydrogen) atoms. The van der Waals surface area contributed by atoms with Gasteiger partial charge in [0.1, 0.15) is 34.5 Å². The van der Waals surface area contributed by atoms with Gasteiger partial charge < -0.3 is 5.32 Å². The van der Waals surface area contributed by atoms with Crippen molar-refractivity contribution in [2.45, 2.75) is 19.1 Å². The summed E-state index contributed by atoms with van der Waals surface area (Å²) in [6, 6.07) is 0.0881. The molecule has 0 aliphatic carbocycles. The fraction of sp³-hybridized carbons (Fsp3) is 0.188. The van der Waals surface area contributed by atoms with Crippen molar-refractivity contribution in [1.29, 1.82) is 0 Å². The summed E-state index contributed by atoms with van der Waals surface area (Å²) in [5.41, 5.74) is -1.45. The van der Waals surface area contributed by atoms with Gasteiger partial charge in [0.05, 0.1) is 11.1 Å². The minimum atomic E-state index is -4.69. The van der Waals surface area contributed by atoms with Crippen LogP contribution >= 0.6 is 11.6 Å². The molecule has 0 saturated heterocycles. The third-order valence-corrected chi connectivity index (χ3v) is 3.94. The van der Waals surface area contributed by atoms with E-state index < -0.39 is 51.8 Å². The van der Waals surface area contributed by atoms with Gasteiger partial charge in [-0.15, -0.1) is 0 Å². The van der Waals surface area contributed by atoms with Gasteiger partial charge in [-0.05, 0) is 13.0 Å². The molecule has 0 saturated carbocycles. The summed E-state index contributed by atoms with van der Waals surface area (Å²) >= 11 is 6.03. The van der Waals surface area contributed by atoms with E-state index in [4.69, 9.17) is 11.6 Å². The second kappa shape index (κ2) is 7.30. The number of nitrogens with one attached hydrogen (secondary N) is 1. The Labute approximate surface area is 159 Å². The molecular weight excluding hydrogens is 412 g/mol. The standard InChI is InChI=1S/C16H10ClF6N5/c1-7(16(21,22)23)25-14-12(11-9(19)5-8(18)6-10(11)20)13(17)26-15(27-14)28-4-2-3-24-28/h2-7H,1H3,(H,25,26,27). The van der Waals surface area contributed by atoms with Crippen LogP contribution in [0.1, 0.15) is 6.92 Å². The highest BCUT2D eigenvalue weighted by atomic mass is 35.5. The molecule has 3 rings (SSSR count). The van der Waals surface area contributed by atoms with Gasteiger partial charge in [0.15, 0.2) is 0 Å². The first-order valence-electron chi connectivity index (χ1n) is 7.63. The molecule has 1 unspecified atom stereocenters. The SMILES string of the molecule is CC(Nc1nc(-n2cccn2)nc(Cl)c1-c1c(F)cc(F)cc1F)C(F)(F)F. The van der Waals surface area contributed by atoms with E-state index in [9.17, 15) is 26.3 Å². The summed E-state index contributed by atoms with van der Waals surface area (Å²) in [4.78, 5) is 7.71. The Hall–Kier alpha value is -2.82. The van der Waals surface area contributed by atoms with Crippen LogP contribution in [0.3, 0.4) is 0 Å². The average Bonchev–Trinajstić information content (AvgIpc) is 3.09. The van der Waals surface area contributed by atoms with Crippen LogP contribution in [-0.2, 0) is 0 Å². The van der Waals surface area contributed by atoms with Crippen molar-refractivity contribution in [3.8, 4) is 17.1 Å². The van der Waals surface area contributed by atoms with E-state index in [1.165, 1.54) is 18.5 Å². The first-order chi connectivity index (χ1) is 13.1. The molecule has 148 valence electrons. The fourth-order valence-electron chi connectivity index (χ4n) is 2.31. The highest BCUT2D eigenvalue weighted by Crippen LogP contribution is 2.38. The van der Waals surface area contributed by atoms with Crippen LogP contribution in [0.15, 0.2) is 30.6 Å². The molecule has 1 aromatic carbocycles. The van der Waals surface area contributed by atoms with Crippen LogP contribution < -0.4 is 5.32 Å². The van der Waals surface area contributed by atoms with Gasteiger partial charge in [-0.3, -0.25) is 0 Å². The van der Waals surface area contributed by atoms with Gasteiger partial charge in [0.2, 0.25) is 0 Å². The minimum Gasteiger partial charge on any atom is -0.358 e. The van der Waals surface area contributed by atoms with Crippen molar-refractivity contribution < 1.29 is 26.3 Å². The summed E-state index contributed by atoms with van der Waals surface area (Å²) < 4.78 is 81.8. The molecule has 0 fully saturated rings. The van der Waals surface area contributed by atoms with Crippen LogP contribution in [0, 0.1) is 17.5 Å². The highest BCUT2D eigenvalue weighted by molar-refractivity contribution is 6.32. The molecule has 3 aromatic rings. The molecular formula is C16H10ClF6N5. The van der Waals surface area contributed by atoms with E-state index in [1.54, 1.807) is 0 Å². The first kappa shape index (κ1) is 19.9. The summed E-state index contributed by atoms with van der Waals surface area (Å²) in [6.07, 6.45) is -1.95. The Morgan fingerprint density at radius 1 is 1.07 bits per heavy atom. The van der Waals surface area contributed by atoms with Gasteiger partial charge in [-0.25, -0.2) is 17.9 Å². The van der Waals surface area contributed by atoms with E-state index in [2.05, 4.69) is 15.1 Å². The van der Waals surface area contributed by atoms with Gasteiger partial charge >= 0.3 is 6.18 Å². The highest BCUT2D eigenvalue weighted by Gasteiger charge is 2.37. The third-order valence-electron chi connectivity index (χ3n) is 3.66. The molecule has 2 heterocycles. The van der Waals surface area contributed by atoms with Crippen LogP contribution in [0.5, 0.6) is 0 Å². The molecule has 0 amide bonds. The molecule has 0 aliphatic heterocycles. The lowest BCUT2D eigenvalue weighted by molar-refractivity contribution is -0.138. The lowest BCUT2D eigenvalue weighted by atomic mass is 10.1. The van der Waals surface area contributed by atoms with Crippen LogP contribution in [0.2, 0.25) is 5.15 Å². The van der Waals surface area contributed by atoms with Crippen molar-refractivity contribution >= 4 is 17.4 Å². The van der Waals surface area contributed by atoms with E-state index >= 15 is 0 Å². The Morgan fingerprint density at radius 2 is 1.71 bits per heavy atom. The van der Waals surface area contributed by atoms with Crippen molar-refractivity contribution in [3.63, 3.8) is 0 Å². The van der Waals surface area contributed by atoms with E-state index in [-0.39, 0.29) is 5.95 Å². The monoisotopic (exact) mass is 421 g/mol. The number of rotatable bonds is 4. The van der Waals surface area contributed by atoms with Crippen LogP contribution in [-0.4, -0.2) is 32.0 Å². The van der Waals surface area contributed by atoms with E-state index in [0.29, 0.717) is 12.1 Å². The van der Waals surface area contributed by atoms with Gasteiger partial charge in [0, 0.05) is 24.5 Å². The van der Waals surface area contributed by atoms with Gasteiger partial charge in [-0.2, -0.15) is 28.2 Å². The molecule has 5 nitrogen and oxygen atoms in total. The Balaban J connectivity index is 2.24. The number of alkyl halides is 3. The van der Waals surface area contributed by atoms with Crippen molar-refractivity contribution in [2.75, 3.05) is 5.32 Å². The van der Waals surface area contributed by atoms with Gasteiger partial charge in [0.25, 0.3) is 5.95 Å². The first-order valence-corrected chi connectivity index (χ1v) is 8.01. The van der Waals surface area contributed by atoms with Crippen LogP contribution in [0.4, 0.5) is 32.2 Å². The van der Waals surface area contributed by atoms with Crippen molar-refractivity contribution in [2.24, 2.45) is 0 Å². The number of aromatic nitrogens is 4. The minimum absolute atomic E-state index is 0.237. The number of benzene rings is 1. The number of hydrogen-bond donors (Lipinski definition) is 1. The largest absolute Gasteiger partial charge is 0.408 e. The second-order valence-corrected chi connectivity index (χ2v) is 6.00. The smallest absolute Gasteiger partial charge is 0.358 e. The second-order valence-electron chi connectivity index (χ2n) is 5.64. The molecule has 1 N–H and O–H groups in total. The maximum Gasteiger partial charge on any atom is 0.408 e. The Kier molecular flexibility index (Phi) is 5.20. The fourth-order valence-corrected chi connectivity index (χ4v) is 2.57. The predicted octanol–water partition coefficient (Wildman–Crippen LogP) is 4.76. The topological polar surface area (TPSA) is 55.6 Å². The molecule has 0 bridgehead atoms. The maximum absolute atomic E-state index is 14.2. The average molecular weight is 422 g/mol. The molecule has 1 atom stereocenters. The third kappa shape index (κ3) is 3.88. The quantitative estimate of drug-likeness (QED) is 0.487. The number of halogens is 7. The summed E-state index contributed by atoms with van der Waals surface area (Å²) in [7, 11) is 0. The molecule has 2 aromatic heterocycles. The summed E-state index contributed by atoms with van der Waals surface area (Å²) in [5.74, 6) is -4.80. The molecule has 12 heteroatoms. The number of nitrogens with zero attached hydrogens (tertiary/aromatic N) is 4. The number of anilines is 1. The Morgan fingerprint density at radius 3 is 2.25 bits per heavy atom. The number of hydrogen-bond acceptors (Lipinski definition) is 4.